The Bertz CT molecular complexity index is 878. The van der Waals surface area contributed by atoms with E-state index in [2.05, 4.69) is 20.1 Å². The van der Waals surface area contributed by atoms with Gasteiger partial charge in [0.25, 0.3) is 5.91 Å². The Morgan fingerprint density at radius 2 is 2.21 bits per heavy atom. The highest BCUT2D eigenvalue weighted by Gasteiger charge is 2.07. The molecule has 3 rings (SSSR count). The molecule has 0 aliphatic rings. The zero-order valence-corrected chi connectivity index (χ0v) is 15.4. The van der Waals surface area contributed by atoms with Gasteiger partial charge >= 0.3 is 0 Å². The number of nitrogens with one attached hydrogen (secondary N) is 1. The molecule has 0 bridgehead atoms. The fraction of sp³-hybridized carbons (Fsp3) is 0.235. The lowest BCUT2D eigenvalue weighted by Gasteiger charge is -1.99. The topological polar surface area (TPSA) is 59.3 Å². The van der Waals surface area contributed by atoms with Crippen LogP contribution < -0.4 is 5.43 Å². The zero-order valence-electron chi connectivity index (χ0n) is 13.7. The SMILES string of the molecule is Cc1cc(/C=N/NC(=O)CSc2nc3ccccc3s2)c(C)n1C. The van der Waals surface area contributed by atoms with E-state index in [-0.39, 0.29) is 5.91 Å². The molecule has 1 amide bonds. The molecule has 1 aromatic carbocycles. The molecule has 124 valence electrons. The highest BCUT2D eigenvalue weighted by atomic mass is 32.2. The first-order valence-electron chi connectivity index (χ1n) is 7.48. The summed E-state index contributed by atoms with van der Waals surface area (Å²) in [4.78, 5) is 16.4. The number of hydrazone groups is 1. The molecule has 0 aliphatic heterocycles. The normalized spacial score (nSPS) is 11.5. The van der Waals surface area contributed by atoms with Gasteiger partial charge in [0.1, 0.15) is 0 Å². The van der Waals surface area contributed by atoms with Gasteiger partial charge in [0.2, 0.25) is 0 Å². The van der Waals surface area contributed by atoms with Crippen molar-refractivity contribution in [3.05, 3.63) is 47.3 Å². The predicted octanol–water partition coefficient (Wildman–Crippen LogP) is 3.49. The first kappa shape index (κ1) is 16.7. The van der Waals surface area contributed by atoms with Crippen molar-refractivity contribution in [1.29, 1.82) is 0 Å². The number of hydrogen-bond acceptors (Lipinski definition) is 5. The molecule has 0 radical (unpaired) electrons. The number of rotatable bonds is 5. The summed E-state index contributed by atoms with van der Waals surface area (Å²) in [6, 6.07) is 10.0. The van der Waals surface area contributed by atoms with Crippen LogP contribution >= 0.6 is 23.1 Å². The summed E-state index contributed by atoms with van der Waals surface area (Å²) in [5.41, 5.74) is 6.83. The van der Waals surface area contributed by atoms with Crippen molar-refractivity contribution in [2.24, 2.45) is 12.1 Å². The third-order valence-electron chi connectivity index (χ3n) is 3.81. The Balaban J connectivity index is 1.54. The molecule has 3 aromatic rings. The van der Waals surface area contributed by atoms with Gasteiger partial charge in [0.15, 0.2) is 4.34 Å². The van der Waals surface area contributed by atoms with Gasteiger partial charge in [0, 0.05) is 24.0 Å². The number of amides is 1. The van der Waals surface area contributed by atoms with Gasteiger partial charge in [0.05, 0.1) is 22.2 Å². The second-order valence-electron chi connectivity index (χ2n) is 5.41. The van der Waals surface area contributed by atoms with Crippen molar-refractivity contribution in [1.82, 2.24) is 15.0 Å². The first-order valence-corrected chi connectivity index (χ1v) is 9.28. The van der Waals surface area contributed by atoms with E-state index in [0.29, 0.717) is 5.75 Å². The lowest BCUT2D eigenvalue weighted by Crippen LogP contribution is -2.19. The summed E-state index contributed by atoms with van der Waals surface area (Å²) in [6.45, 7) is 4.07. The Hall–Kier alpha value is -2.12. The van der Waals surface area contributed by atoms with Crippen LogP contribution in [0.15, 0.2) is 39.8 Å². The average Bonchev–Trinajstić information content (AvgIpc) is 3.09. The summed E-state index contributed by atoms with van der Waals surface area (Å²) < 4.78 is 4.12. The van der Waals surface area contributed by atoms with Crippen molar-refractivity contribution >= 4 is 45.4 Å². The van der Waals surface area contributed by atoms with Crippen LogP contribution in [0.5, 0.6) is 0 Å². The minimum Gasteiger partial charge on any atom is -0.352 e. The molecule has 24 heavy (non-hydrogen) atoms. The van der Waals surface area contributed by atoms with Crippen LogP contribution in [0, 0.1) is 13.8 Å². The Morgan fingerprint density at radius 3 is 2.92 bits per heavy atom. The third-order valence-corrected chi connectivity index (χ3v) is 5.99. The smallest absolute Gasteiger partial charge is 0.250 e. The van der Waals surface area contributed by atoms with Crippen LogP contribution in [0.1, 0.15) is 17.0 Å². The molecule has 0 spiro atoms. The first-order chi connectivity index (χ1) is 11.5. The number of aromatic nitrogens is 2. The van der Waals surface area contributed by atoms with Gasteiger partial charge in [-0.3, -0.25) is 4.79 Å². The van der Waals surface area contributed by atoms with Gasteiger partial charge in [-0.25, -0.2) is 10.4 Å². The number of thioether (sulfide) groups is 1. The van der Waals surface area contributed by atoms with E-state index in [4.69, 9.17) is 0 Å². The largest absolute Gasteiger partial charge is 0.352 e. The lowest BCUT2D eigenvalue weighted by molar-refractivity contribution is -0.118. The molecule has 0 aliphatic carbocycles. The molecule has 0 saturated heterocycles. The van der Waals surface area contributed by atoms with E-state index >= 15 is 0 Å². The molecular formula is C17H18N4OS2. The van der Waals surface area contributed by atoms with E-state index in [1.54, 1.807) is 17.6 Å². The van der Waals surface area contributed by atoms with Crippen LogP contribution in [0.4, 0.5) is 0 Å². The molecule has 0 unspecified atom stereocenters. The lowest BCUT2D eigenvalue weighted by atomic mass is 10.3. The number of para-hydroxylation sites is 1. The summed E-state index contributed by atoms with van der Waals surface area (Å²) >= 11 is 3.02. The molecule has 5 nitrogen and oxygen atoms in total. The van der Waals surface area contributed by atoms with Gasteiger partial charge in [-0.2, -0.15) is 5.10 Å². The maximum Gasteiger partial charge on any atom is 0.250 e. The van der Waals surface area contributed by atoms with E-state index in [1.165, 1.54) is 11.8 Å². The molecule has 7 heteroatoms. The second kappa shape index (κ2) is 7.19. The maximum atomic E-state index is 11.9. The van der Waals surface area contributed by atoms with Crippen LogP contribution in [0.25, 0.3) is 10.2 Å². The third kappa shape index (κ3) is 3.68. The number of benzene rings is 1. The van der Waals surface area contributed by atoms with E-state index in [1.807, 2.05) is 51.2 Å². The maximum absolute atomic E-state index is 11.9. The number of hydrogen-bond donors (Lipinski definition) is 1. The minimum absolute atomic E-state index is 0.138. The van der Waals surface area contributed by atoms with Gasteiger partial charge in [-0.1, -0.05) is 23.9 Å². The van der Waals surface area contributed by atoms with E-state index in [9.17, 15) is 4.79 Å². The summed E-state index contributed by atoms with van der Waals surface area (Å²) in [7, 11) is 2.01. The Morgan fingerprint density at radius 1 is 1.42 bits per heavy atom. The van der Waals surface area contributed by atoms with Gasteiger partial charge in [-0.05, 0) is 32.0 Å². The molecule has 2 heterocycles. The fourth-order valence-electron chi connectivity index (χ4n) is 2.26. The number of thiazole rings is 1. The van der Waals surface area contributed by atoms with Crippen molar-refractivity contribution in [3.8, 4) is 0 Å². The van der Waals surface area contributed by atoms with Gasteiger partial charge < -0.3 is 4.57 Å². The number of nitrogens with zero attached hydrogens (tertiary/aromatic N) is 3. The van der Waals surface area contributed by atoms with Crippen LogP contribution in [-0.4, -0.2) is 27.4 Å². The minimum atomic E-state index is -0.138. The highest BCUT2D eigenvalue weighted by Crippen LogP contribution is 2.28. The second-order valence-corrected chi connectivity index (χ2v) is 7.67. The summed E-state index contributed by atoms with van der Waals surface area (Å²) in [5, 5.41) is 4.04. The number of fused-ring (bicyclic) bond motifs is 1. The zero-order chi connectivity index (χ0) is 17.1. The van der Waals surface area contributed by atoms with Crippen molar-refractivity contribution in [3.63, 3.8) is 0 Å². The Kier molecular flexibility index (Phi) is 5.01. The Labute approximate surface area is 148 Å². The standard InChI is InChI=1S/C17H18N4OS2/c1-11-8-13(12(2)21(11)3)9-18-20-16(22)10-23-17-19-14-6-4-5-7-15(14)24-17/h4-9H,10H2,1-3H3,(H,20,22)/b18-9+. The molecular weight excluding hydrogens is 340 g/mol. The van der Waals surface area contributed by atoms with Crippen molar-refractivity contribution in [2.75, 3.05) is 5.75 Å². The van der Waals surface area contributed by atoms with Crippen LogP contribution in [0.3, 0.4) is 0 Å². The monoisotopic (exact) mass is 358 g/mol. The van der Waals surface area contributed by atoms with E-state index < -0.39 is 0 Å². The van der Waals surface area contributed by atoms with Crippen LogP contribution in [-0.2, 0) is 11.8 Å². The molecule has 1 N–H and O–H groups in total. The molecule has 0 fully saturated rings. The predicted molar refractivity (Wildman–Crippen MR) is 101 cm³/mol. The van der Waals surface area contributed by atoms with Gasteiger partial charge in [-0.15, -0.1) is 11.3 Å². The average molecular weight is 358 g/mol. The highest BCUT2D eigenvalue weighted by molar-refractivity contribution is 8.01. The van der Waals surface area contributed by atoms with Crippen LogP contribution in [0.2, 0.25) is 0 Å². The fourth-order valence-corrected chi connectivity index (χ4v) is 4.12. The summed E-state index contributed by atoms with van der Waals surface area (Å²) in [6.07, 6.45) is 1.68. The summed E-state index contributed by atoms with van der Waals surface area (Å²) in [5.74, 6) is 0.157. The number of carbonyl (C=O) groups is 1. The van der Waals surface area contributed by atoms with Crippen molar-refractivity contribution in [2.45, 2.75) is 18.2 Å². The van der Waals surface area contributed by atoms with Crippen molar-refractivity contribution < 1.29 is 4.79 Å². The molecule has 2 aromatic heterocycles. The molecule has 0 atom stereocenters. The number of carbonyl (C=O) groups excluding carboxylic acids is 1. The number of aryl methyl sites for hydroxylation is 1. The quantitative estimate of drug-likeness (QED) is 0.431. The van der Waals surface area contributed by atoms with E-state index in [0.717, 1.165) is 31.5 Å². The molecule has 0 saturated carbocycles.